The number of aliphatic hydroxyl groups excluding tert-OH is 1. The van der Waals surface area contributed by atoms with E-state index >= 15 is 0 Å². The summed E-state index contributed by atoms with van der Waals surface area (Å²) in [5.41, 5.74) is 2.61. The van der Waals surface area contributed by atoms with Crippen molar-refractivity contribution in [2.75, 3.05) is 19.7 Å². The average molecular weight is 363 g/mol. The fourth-order valence-corrected chi connectivity index (χ4v) is 4.31. The van der Waals surface area contributed by atoms with Crippen molar-refractivity contribution in [2.45, 2.75) is 32.3 Å². The number of ether oxygens (including phenoxy) is 2. The molecule has 2 aliphatic heterocycles. The van der Waals surface area contributed by atoms with Gasteiger partial charge in [-0.05, 0) is 48.9 Å². The molecule has 0 bridgehead atoms. The minimum Gasteiger partial charge on any atom is -0.460 e. The molecule has 4 rings (SSSR count). The second-order valence-corrected chi connectivity index (χ2v) is 7.58. The molecule has 2 aliphatic rings. The maximum Gasteiger partial charge on any atom is 0.227 e. The second kappa shape index (κ2) is 7.41. The standard InChI is InChI=1S/C19H22FNO3S/c20-17-6-15(9-21-4-1-2-13(8-21)10-22)18-16(7-17)11-23-19(24-18)14-3-5-25-12-14/h3,5-7,12-13,19,22H,1-2,4,8-11H2. The first-order valence-corrected chi connectivity index (χ1v) is 9.62. The number of nitrogens with zero attached hydrogens (tertiary/aromatic N) is 1. The molecule has 0 amide bonds. The van der Waals surface area contributed by atoms with Gasteiger partial charge >= 0.3 is 0 Å². The molecule has 2 aromatic rings. The Morgan fingerprint density at radius 1 is 1.36 bits per heavy atom. The Kier molecular flexibility index (Phi) is 5.03. The molecular formula is C19H22FNO3S. The molecule has 0 aliphatic carbocycles. The third-order valence-corrected chi connectivity index (χ3v) is 5.59. The Hall–Kier alpha value is -1.47. The predicted octanol–water partition coefficient (Wildman–Crippen LogP) is 3.70. The minimum atomic E-state index is -0.436. The van der Waals surface area contributed by atoms with E-state index in [0.717, 1.165) is 48.4 Å². The summed E-state index contributed by atoms with van der Waals surface area (Å²) in [5, 5.41) is 13.4. The van der Waals surface area contributed by atoms with Gasteiger partial charge in [0.1, 0.15) is 11.6 Å². The van der Waals surface area contributed by atoms with Gasteiger partial charge in [-0.3, -0.25) is 4.90 Å². The van der Waals surface area contributed by atoms with Crippen molar-refractivity contribution in [3.05, 3.63) is 51.5 Å². The SMILES string of the molecule is OCC1CCCN(Cc2cc(F)cc3c2OC(c2ccsc2)OC3)C1. The topological polar surface area (TPSA) is 41.9 Å². The molecule has 1 fully saturated rings. The number of hydrogen-bond acceptors (Lipinski definition) is 5. The second-order valence-electron chi connectivity index (χ2n) is 6.80. The Morgan fingerprint density at radius 3 is 3.08 bits per heavy atom. The minimum absolute atomic E-state index is 0.211. The normalized spacial score (nSPS) is 23.9. The Labute approximate surface area is 150 Å². The molecule has 1 N–H and O–H groups in total. The van der Waals surface area contributed by atoms with E-state index in [1.165, 1.54) is 6.07 Å². The number of fused-ring (bicyclic) bond motifs is 1. The largest absolute Gasteiger partial charge is 0.460 e. The number of rotatable bonds is 4. The smallest absolute Gasteiger partial charge is 0.227 e. The van der Waals surface area contributed by atoms with Crippen LogP contribution in [0.15, 0.2) is 29.0 Å². The molecule has 0 radical (unpaired) electrons. The van der Waals surface area contributed by atoms with Crippen molar-refractivity contribution in [2.24, 2.45) is 5.92 Å². The third-order valence-electron chi connectivity index (χ3n) is 4.89. The van der Waals surface area contributed by atoms with Gasteiger partial charge in [-0.1, -0.05) is 0 Å². The molecule has 1 aromatic carbocycles. The molecule has 6 heteroatoms. The van der Waals surface area contributed by atoms with Crippen molar-refractivity contribution in [3.63, 3.8) is 0 Å². The maximum atomic E-state index is 14.1. The quantitative estimate of drug-likeness (QED) is 0.899. The number of piperidine rings is 1. The van der Waals surface area contributed by atoms with Gasteiger partial charge in [-0.2, -0.15) is 11.3 Å². The highest BCUT2D eigenvalue weighted by atomic mass is 32.1. The van der Waals surface area contributed by atoms with Crippen molar-refractivity contribution >= 4 is 11.3 Å². The molecule has 2 unspecified atom stereocenters. The highest BCUT2D eigenvalue weighted by molar-refractivity contribution is 7.07. The van der Waals surface area contributed by atoms with Crippen LogP contribution in [0.3, 0.4) is 0 Å². The van der Waals surface area contributed by atoms with Crippen LogP contribution in [0.25, 0.3) is 0 Å². The van der Waals surface area contributed by atoms with Crippen LogP contribution in [0.5, 0.6) is 5.75 Å². The average Bonchev–Trinajstić information content (AvgIpc) is 3.16. The van der Waals surface area contributed by atoms with E-state index in [9.17, 15) is 9.50 Å². The highest BCUT2D eigenvalue weighted by Gasteiger charge is 2.27. The lowest BCUT2D eigenvalue weighted by atomic mass is 9.98. The molecule has 0 saturated carbocycles. The van der Waals surface area contributed by atoms with E-state index in [-0.39, 0.29) is 12.4 Å². The Balaban J connectivity index is 1.57. The van der Waals surface area contributed by atoms with Gasteiger partial charge in [0.25, 0.3) is 0 Å². The lowest BCUT2D eigenvalue weighted by molar-refractivity contribution is -0.112. The van der Waals surface area contributed by atoms with Crippen LogP contribution in [0.4, 0.5) is 4.39 Å². The van der Waals surface area contributed by atoms with Crippen LogP contribution >= 0.6 is 11.3 Å². The molecule has 134 valence electrons. The number of hydrogen-bond donors (Lipinski definition) is 1. The molecule has 25 heavy (non-hydrogen) atoms. The van der Waals surface area contributed by atoms with E-state index in [2.05, 4.69) is 4.90 Å². The van der Waals surface area contributed by atoms with Crippen LogP contribution in [0.2, 0.25) is 0 Å². The molecule has 3 heterocycles. The monoisotopic (exact) mass is 363 g/mol. The van der Waals surface area contributed by atoms with Gasteiger partial charge in [-0.15, -0.1) is 0 Å². The van der Waals surface area contributed by atoms with E-state index in [4.69, 9.17) is 9.47 Å². The zero-order valence-electron chi connectivity index (χ0n) is 14.0. The van der Waals surface area contributed by atoms with Gasteiger partial charge in [0.05, 0.1) is 6.61 Å². The van der Waals surface area contributed by atoms with E-state index < -0.39 is 6.29 Å². The lowest BCUT2D eigenvalue weighted by Crippen LogP contribution is -2.36. The maximum absolute atomic E-state index is 14.1. The van der Waals surface area contributed by atoms with Gasteiger partial charge < -0.3 is 14.6 Å². The van der Waals surface area contributed by atoms with Gasteiger partial charge in [0.2, 0.25) is 6.29 Å². The summed E-state index contributed by atoms with van der Waals surface area (Å²) in [6, 6.07) is 5.05. The summed E-state index contributed by atoms with van der Waals surface area (Å²) in [7, 11) is 0. The van der Waals surface area contributed by atoms with Crippen LogP contribution in [-0.4, -0.2) is 29.7 Å². The molecule has 4 nitrogen and oxygen atoms in total. The molecule has 1 saturated heterocycles. The van der Waals surface area contributed by atoms with Crippen LogP contribution in [-0.2, 0) is 17.9 Å². The first-order chi connectivity index (χ1) is 12.2. The molecule has 1 aromatic heterocycles. The lowest BCUT2D eigenvalue weighted by Gasteiger charge is -2.33. The van der Waals surface area contributed by atoms with Crippen molar-refractivity contribution in [1.82, 2.24) is 4.90 Å². The summed E-state index contributed by atoms with van der Waals surface area (Å²) in [6.45, 7) is 2.99. The van der Waals surface area contributed by atoms with Gasteiger partial charge in [-0.25, -0.2) is 4.39 Å². The van der Waals surface area contributed by atoms with Crippen molar-refractivity contribution in [3.8, 4) is 5.75 Å². The summed E-state index contributed by atoms with van der Waals surface area (Å²) < 4.78 is 25.9. The number of benzene rings is 1. The van der Waals surface area contributed by atoms with E-state index in [0.29, 0.717) is 19.1 Å². The first kappa shape index (κ1) is 17.0. The number of likely N-dealkylation sites (tertiary alicyclic amines) is 1. The van der Waals surface area contributed by atoms with Crippen molar-refractivity contribution < 1.29 is 19.0 Å². The molecule has 0 spiro atoms. The fourth-order valence-electron chi connectivity index (χ4n) is 3.65. The highest BCUT2D eigenvalue weighted by Crippen LogP contribution is 2.37. The Morgan fingerprint density at radius 2 is 2.28 bits per heavy atom. The molecular weight excluding hydrogens is 341 g/mol. The Bertz CT molecular complexity index is 722. The van der Waals surface area contributed by atoms with Crippen LogP contribution < -0.4 is 4.74 Å². The number of halogens is 1. The summed E-state index contributed by atoms with van der Waals surface area (Å²) >= 11 is 1.60. The summed E-state index contributed by atoms with van der Waals surface area (Å²) in [5.74, 6) is 0.793. The van der Waals surface area contributed by atoms with Crippen LogP contribution in [0, 0.1) is 11.7 Å². The summed E-state index contributed by atoms with van der Waals surface area (Å²) in [6.07, 6.45) is 1.68. The van der Waals surface area contributed by atoms with Gasteiger partial charge in [0, 0.05) is 41.8 Å². The number of aliphatic hydroxyl groups is 1. The van der Waals surface area contributed by atoms with E-state index in [1.54, 1.807) is 17.4 Å². The predicted molar refractivity (Wildman–Crippen MR) is 94.0 cm³/mol. The number of thiophene rings is 1. The zero-order valence-corrected chi connectivity index (χ0v) is 14.8. The van der Waals surface area contributed by atoms with Crippen molar-refractivity contribution in [1.29, 1.82) is 0 Å². The summed E-state index contributed by atoms with van der Waals surface area (Å²) in [4.78, 5) is 2.28. The fraction of sp³-hybridized carbons (Fsp3) is 0.474. The van der Waals surface area contributed by atoms with Crippen LogP contribution in [0.1, 0.15) is 35.8 Å². The van der Waals surface area contributed by atoms with Gasteiger partial charge in [0.15, 0.2) is 0 Å². The van der Waals surface area contributed by atoms with E-state index in [1.807, 2.05) is 16.8 Å². The third kappa shape index (κ3) is 3.72. The zero-order chi connectivity index (χ0) is 17.2. The first-order valence-electron chi connectivity index (χ1n) is 8.68. The molecule has 2 atom stereocenters.